The summed E-state index contributed by atoms with van der Waals surface area (Å²) in [7, 11) is 1.51. The lowest BCUT2D eigenvalue weighted by Gasteiger charge is -2.20. The van der Waals surface area contributed by atoms with Crippen molar-refractivity contribution < 1.29 is 14.6 Å². The van der Waals surface area contributed by atoms with Crippen molar-refractivity contribution in [1.29, 1.82) is 0 Å². The highest BCUT2D eigenvalue weighted by Gasteiger charge is 2.31. The molecule has 0 aromatic heterocycles. The van der Waals surface area contributed by atoms with E-state index in [2.05, 4.69) is 5.32 Å². The van der Waals surface area contributed by atoms with Gasteiger partial charge in [0.2, 0.25) is 0 Å². The molecular formula is C14H18N2O3S. The molecule has 0 spiro atoms. The van der Waals surface area contributed by atoms with Gasteiger partial charge in [0.25, 0.3) is 5.91 Å². The molecule has 20 heavy (non-hydrogen) atoms. The van der Waals surface area contributed by atoms with Gasteiger partial charge in [-0.2, -0.15) is 0 Å². The number of phenolic OH excluding ortho intramolecular Hbond substituents is 1. The lowest BCUT2D eigenvalue weighted by atomic mass is 10.0. The third kappa shape index (κ3) is 3.01. The maximum atomic E-state index is 12.2. The number of amides is 1. The zero-order chi connectivity index (χ0) is 14.7. The predicted molar refractivity (Wildman–Crippen MR) is 80.0 cm³/mol. The van der Waals surface area contributed by atoms with Crippen LogP contribution in [0.25, 0.3) is 0 Å². The van der Waals surface area contributed by atoms with Crippen molar-refractivity contribution in [2.24, 2.45) is 11.7 Å². The Balaban J connectivity index is 2.14. The first-order chi connectivity index (χ1) is 9.52. The van der Waals surface area contributed by atoms with Gasteiger partial charge in [-0.15, -0.1) is 0 Å². The number of rotatable bonds is 4. The molecule has 0 saturated heterocycles. The van der Waals surface area contributed by atoms with Crippen molar-refractivity contribution in [1.82, 2.24) is 5.32 Å². The molecule has 1 fully saturated rings. The molecule has 1 aromatic rings. The summed E-state index contributed by atoms with van der Waals surface area (Å²) in [5.74, 6) is 0.134. The van der Waals surface area contributed by atoms with Crippen LogP contribution in [-0.4, -0.2) is 29.2 Å². The van der Waals surface area contributed by atoms with Crippen LogP contribution >= 0.6 is 12.2 Å². The van der Waals surface area contributed by atoms with Crippen molar-refractivity contribution in [2.75, 3.05) is 7.11 Å². The summed E-state index contributed by atoms with van der Waals surface area (Å²) in [6.07, 6.45) is 2.72. The summed E-state index contributed by atoms with van der Waals surface area (Å²) < 4.78 is 5.06. The fraction of sp³-hybridized carbons (Fsp3) is 0.429. The van der Waals surface area contributed by atoms with Crippen LogP contribution in [0.4, 0.5) is 0 Å². The Labute approximate surface area is 123 Å². The smallest absolute Gasteiger partial charge is 0.255 e. The second-order valence-electron chi connectivity index (χ2n) is 4.90. The number of nitrogens with two attached hydrogens (primary N) is 1. The average Bonchev–Trinajstić information content (AvgIpc) is 2.87. The monoisotopic (exact) mass is 294 g/mol. The van der Waals surface area contributed by atoms with Crippen molar-refractivity contribution in [3.05, 3.63) is 23.8 Å². The van der Waals surface area contributed by atoms with Crippen LogP contribution in [0, 0.1) is 5.92 Å². The molecule has 2 unspecified atom stereocenters. The van der Waals surface area contributed by atoms with E-state index in [4.69, 9.17) is 22.7 Å². The summed E-state index contributed by atoms with van der Waals surface area (Å²) >= 11 is 5.02. The molecule has 0 radical (unpaired) electrons. The molecular weight excluding hydrogens is 276 g/mol. The molecule has 1 amide bonds. The number of thiocarbonyl (C=S) groups is 1. The number of phenols is 1. The van der Waals surface area contributed by atoms with Gasteiger partial charge in [0.05, 0.1) is 17.7 Å². The molecule has 2 atom stereocenters. The average molecular weight is 294 g/mol. The van der Waals surface area contributed by atoms with E-state index >= 15 is 0 Å². The van der Waals surface area contributed by atoms with Gasteiger partial charge >= 0.3 is 0 Å². The van der Waals surface area contributed by atoms with Crippen LogP contribution in [0.5, 0.6) is 11.5 Å². The van der Waals surface area contributed by atoms with Gasteiger partial charge in [-0.25, -0.2) is 0 Å². The Hall–Kier alpha value is -1.82. The van der Waals surface area contributed by atoms with Crippen LogP contribution in [-0.2, 0) is 0 Å². The van der Waals surface area contributed by atoms with E-state index in [0.717, 1.165) is 19.3 Å². The largest absolute Gasteiger partial charge is 0.507 e. The van der Waals surface area contributed by atoms with Gasteiger partial charge in [0.15, 0.2) is 0 Å². The zero-order valence-electron chi connectivity index (χ0n) is 11.3. The standard InChI is InChI=1S/C14H18N2O3S/c1-19-8-5-6-12(17)10(7-8)14(18)16-11-4-2-3-9(11)13(15)20/h5-7,9,11,17H,2-4H2,1H3,(H2,15,20)(H,16,18). The Morgan fingerprint density at radius 1 is 1.50 bits per heavy atom. The summed E-state index contributed by atoms with van der Waals surface area (Å²) in [6.45, 7) is 0. The molecule has 1 aromatic carbocycles. The van der Waals surface area contributed by atoms with Crippen LogP contribution in [0.3, 0.4) is 0 Å². The molecule has 0 bridgehead atoms. The number of hydrogen-bond donors (Lipinski definition) is 3. The number of nitrogens with one attached hydrogen (secondary N) is 1. The summed E-state index contributed by atoms with van der Waals surface area (Å²) in [4.78, 5) is 12.7. The number of hydrogen-bond acceptors (Lipinski definition) is 4. The molecule has 5 nitrogen and oxygen atoms in total. The summed E-state index contributed by atoms with van der Waals surface area (Å²) in [5.41, 5.74) is 5.88. The second kappa shape index (κ2) is 6.09. The molecule has 6 heteroatoms. The molecule has 2 rings (SSSR count). The van der Waals surface area contributed by atoms with Crippen LogP contribution in [0.15, 0.2) is 18.2 Å². The van der Waals surface area contributed by atoms with Gasteiger partial charge in [-0.05, 0) is 31.0 Å². The number of benzene rings is 1. The lowest BCUT2D eigenvalue weighted by Crippen LogP contribution is -2.41. The molecule has 0 heterocycles. The van der Waals surface area contributed by atoms with Gasteiger partial charge < -0.3 is 20.9 Å². The van der Waals surface area contributed by atoms with Crippen LogP contribution in [0.2, 0.25) is 0 Å². The molecule has 1 saturated carbocycles. The third-order valence-electron chi connectivity index (χ3n) is 3.65. The van der Waals surface area contributed by atoms with E-state index in [1.54, 1.807) is 6.07 Å². The minimum atomic E-state index is -0.338. The zero-order valence-corrected chi connectivity index (χ0v) is 12.1. The van der Waals surface area contributed by atoms with E-state index in [1.165, 1.54) is 19.2 Å². The van der Waals surface area contributed by atoms with E-state index < -0.39 is 0 Å². The number of ether oxygens (including phenoxy) is 1. The molecule has 1 aliphatic rings. The van der Waals surface area contributed by atoms with Crippen LogP contribution in [0.1, 0.15) is 29.6 Å². The molecule has 1 aliphatic carbocycles. The molecule has 108 valence electrons. The number of carbonyl (C=O) groups excluding carboxylic acids is 1. The maximum absolute atomic E-state index is 12.2. The number of carbonyl (C=O) groups is 1. The Bertz CT molecular complexity index is 533. The van der Waals surface area contributed by atoms with Gasteiger partial charge in [-0.1, -0.05) is 18.6 Å². The fourth-order valence-corrected chi connectivity index (χ4v) is 2.83. The van der Waals surface area contributed by atoms with E-state index in [9.17, 15) is 9.90 Å². The van der Waals surface area contributed by atoms with Crippen LogP contribution < -0.4 is 15.8 Å². The minimum Gasteiger partial charge on any atom is -0.507 e. The number of methoxy groups -OCH3 is 1. The Morgan fingerprint density at radius 2 is 2.25 bits per heavy atom. The first-order valence-electron chi connectivity index (χ1n) is 6.50. The quantitative estimate of drug-likeness (QED) is 0.734. The SMILES string of the molecule is COc1ccc(O)c(C(=O)NC2CCCC2C(N)=S)c1. The summed E-state index contributed by atoms with van der Waals surface area (Å²) in [5, 5.41) is 12.7. The lowest BCUT2D eigenvalue weighted by molar-refractivity contribution is 0.0930. The second-order valence-corrected chi connectivity index (χ2v) is 5.37. The molecule has 0 aliphatic heterocycles. The Kier molecular flexibility index (Phi) is 4.44. The third-order valence-corrected chi connectivity index (χ3v) is 3.95. The fourth-order valence-electron chi connectivity index (χ4n) is 2.54. The first-order valence-corrected chi connectivity index (χ1v) is 6.91. The highest BCUT2D eigenvalue weighted by molar-refractivity contribution is 7.80. The van der Waals surface area contributed by atoms with E-state index in [1.807, 2.05) is 0 Å². The Morgan fingerprint density at radius 3 is 2.90 bits per heavy atom. The maximum Gasteiger partial charge on any atom is 0.255 e. The highest BCUT2D eigenvalue weighted by atomic mass is 32.1. The topological polar surface area (TPSA) is 84.6 Å². The first kappa shape index (κ1) is 14.6. The summed E-state index contributed by atoms with van der Waals surface area (Å²) in [6, 6.07) is 4.48. The van der Waals surface area contributed by atoms with Gasteiger partial charge in [0, 0.05) is 12.0 Å². The van der Waals surface area contributed by atoms with Gasteiger partial charge in [0.1, 0.15) is 11.5 Å². The minimum absolute atomic E-state index is 0.0294. The van der Waals surface area contributed by atoms with Gasteiger partial charge in [-0.3, -0.25) is 4.79 Å². The number of aromatic hydroxyl groups is 1. The van der Waals surface area contributed by atoms with E-state index in [0.29, 0.717) is 10.7 Å². The predicted octanol–water partition coefficient (Wildman–Crippen LogP) is 1.59. The van der Waals surface area contributed by atoms with E-state index in [-0.39, 0.29) is 29.2 Å². The van der Waals surface area contributed by atoms with Crippen molar-refractivity contribution in [3.63, 3.8) is 0 Å². The van der Waals surface area contributed by atoms with Crippen molar-refractivity contribution in [2.45, 2.75) is 25.3 Å². The molecule has 4 N–H and O–H groups in total. The van der Waals surface area contributed by atoms with Crippen molar-refractivity contribution >= 4 is 23.1 Å². The normalized spacial score (nSPS) is 21.4. The van der Waals surface area contributed by atoms with Crippen molar-refractivity contribution in [3.8, 4) is 11.5 Å². The highest BCUT2D eigenvalue weighted by Crippen LogP contribution is 2.28.